The van der Waals surface area contributed by atoms with Crippen LogP contribution in [0.25, 0.3) is 6.08 Å². The Labute approximate surface area is 131 Å². The summed E-state index contributed by atoms with van der Waals surface area (Å²) in [4.78, 5) is 12.1. The molecule has 0 bridgehead atoms. The number of benzene rings is 1. The lowest BCUT2D eigenvalue weighted by Gasteiger charge is -2.07. The van der Waals surface area contributed by atoms with E-state index < -0.39 is 5.91 Å². The summed E-state index contributed by atoms with van der Waals surface area (Å²) < 4.78 is 5.30. The molecule has 0 aliphatic heterocycles. The summed E-state index contributed by atoms with van der Waals surface area (Å²) in [5, 5.41) is 12.2. The van der Waals surface area contributed by atoms with Crippen LogP contribution in [0.4, 0.5) is 5.69 Å². The second kappa shape index (κ2) is 6.49. The standard InChI is InChI=1S/C15H10Cl2N2O2/c1-9-5-6-11(21-9)7-10(8-18)15(20)19-13-4-2-3-12(16)14(13)17/h2-7H,1H3,(H,19,20)/b10-7-. The van der Waals surface area contributed by atoms with Crippen LogP contribution in [-0.2, 0) is 4.79 Å². The summed E-state index contributed by atoms with van der Waals surface area (Å²) in [7, 11) is 0. The molecule has 1 aromatic heterocycles. The lowest BCUT2D eigenvalue weighted by atomic mass is 10.2. The van der Waals surface area contributed by atoms with Crippen molar-refractivity contribution >= 4 is 40.9 Å². The van der Waals surface area contributed by atoms with E-state index in [2.05, 4.69) is 5.32 Å². The second-order valence-electron chi connectivity index (χ2n) is 4.17. The van der Waals surface area contributed by atoms with Gasteiger partial charge in [-0.15, -0.1) is 0 Å². The Balaban J connectivity index is 2.24. The average molecular weight is 321 g/mol. The van der Waals surface area contributed by atoms with E-state index in [0.29, 0.717) is 22.2 Å². The van der Waals surface area contributed by atoms with Crippen molar-refractivity contribution in [3.05, 3.63) is 57.5 Å². The number of hydrogen-bond donors (Lipinski definition) is 1. The van der Waals surface area contributed by atoms with Crippen LogP contribution in [-0.4, -0.2) is 5.91 Å². The van der Waals surface area contributed by atoms with Crippen molar-refractivity contribution in [1.82, 2.24) is 0 Å². The zero-order valence-corrected chi connectivity index (χ0v) is 12.5. The molecular formula is C15H10Cl2N2O2. The highest BCUT2D eigenvalue weighted by Crippen LogP contribution is 2.29. The molecule has 0 spiro atoms. The summed E-state index contributed by atoms with van der Waals surface area (Å²) in [6, 6.07) is 10.1. The van der Waals surface area contributed by atoms with Crippen LogP contribution < -0.4 is 5.32 Å². The number of amides is 1. The maximum atomic E-state index is 12.1. The van der Waals surface area contributed by atoms with Gasteiger partial charge in [0.15, 0.2) is 0 Å². The number of halogens is 2. The predicted molar refractivity (Wildman–Crippen MR) is 82.1 cm³/mol. The Morgan fingerprint density at radius 3 is 2.71 bits per heavy atom. The highest BCUT2D eigenvalue weighted by Gasteiger charge is 2.13. The van der Waals surface area contributed by atoms with Crippen LogP contribution >= 0.6 is 23.2 Å². The minimum absolute atomic E-state index is 0.0969. The minimum atomic E-state index is -0.587. The van der Waals surface area contributed by atoms with E-state index in [9.17, 15) is 4.79 Å². The summed E-state index contributed by atoms with van der Waals surface area (Å²) in [6.07, 6.45) is 1.36. The molecule has 0 aliphatic rings. The van der Waals surface area contributed by atoms with E-state index in [1.54, 1.807) is 37.3 Å². The van der Waals surface area contributed by atoms with Crippen LogP contribution in [0.5, 0.6) is 0 Å². The Hall–Kier alpha value is -2.22. The van der Waals surface area contributed by atoms with Crippen molar-refractivity contribution in [3.63, 3.8) is 0 Å². The summed E-state index contributed by atoms with van der Waals surface area (Å²) >= 11 is 11.8. The molecule has 0 aliphatic carbocycles. The molecule has 0 saturated carbocycles. The van der Waals surface area contributed by atoms with Gasteiger partial charge in [-0.2, -0.15) is 5.26 Å². The first-order valence-electron chi connectivity index (χ1n) is 5.95. The fraction of sp³-hybridized carbons (Fsp3) is 0.0667. The van der Waals surface area contributed by atoms with Gasteiger partial charge in [0.2, 0.25) is 0 Å². The molecule has 4 nitrogen and oxygen atoms in total. The number of carbonyl (C=O) groups is 1. The number of furan rings is 1. The average Bonchev–Trinajstić information content (AvgIpc) is 2.86. The number of aryl methyl sites for hydroxylation is 1. The van der Waals surface area contributed by atoms with Crippen LogP contribution in [0.15, 0.2) is 40.3 Å². The van der Waals surface area contributed by atoms with Gasteiger partial charge >= 0.3 is 0 Å². The molecular weight excluding hydrogens is 311 g/mol. The van der Waals surface area contributed by atoms with E-state index in [1.165, 1.54) is 6.08 Å². The first-order chi connectivity index (χ1) is 10.0. The lowest BCUT2D eigenvalue weighted by molar-refractivity contribution is -0.112. The molecule has 0 radical (unpaired) electrons. The number of hydrogen-bond acceptors (Lipinski definition) is 3. The zero-order chi connectivity index (χ0) is 15.4. The zero-order valence-electron chi connectivity index (χ0n) is 11.0. The maximum Gasteiger partial charge on any atom is 0.266 e. The molecule has 1 amide bonds. The largest absolute Gasteiger partial charge is 0.462 e. The maximum absolute atomic E-state index is 12.1. The lowest BCUT2D eigenvalue weighted by Crippen LogP contribution is -2.13. The van der Waals surface area contributed by atoms with Crippen molar-refractivity contribution < 1.29 is 9.21 Å². The second-order valence-corrected chi connectivity index (χ2v) is 4.96. The third-order valence-electron chi connectivity index (χ3n) is 2.61. The molecule has 6 heteroatoms. The molecule has 1 aromatic carbocycles. The van der Waals surface area contributed by atoms with E-state index >= 15 is 0 Å². The van der Waals surface area contributed by atoms with Gasteiger partial charge in [0.1, 0.15) is 23.2 Å². The van der Waals surface area contributed by atoms with Gasteiger partial charge in [-0.25, -0.2) is 0 Å². The van der Waals surface area contributed by atoms with E-state index in [-0.39, 0.29) is 10.6 Å². The van der Waals surface area contributed by atoms with Gasteiger partial charge in [0.05, 0.1) is 15.7 Å². The number of nitrogens with zero attached hydrogens (tertiary/aromatic N) is 1. The fourth-order valence-corrected chi connectivity index (χ4v) is 1.96. The van der Waals surface area contributed by atoms with Crippen LogP contribution in [0, 0.1) is 18.3 Å². The monoisotopic (exact) mass is 320 g/mol. The van der Waals surface area contributed by atoms with Crippen molar-refractivity contribution in [1.29, 1.82) is 5.26 Å². The molecule has 1 heterocycles. The fourth-order valence-electron chi connectivity index (χ4n) is 1.61. The summed E-state index contributed by atoms with van der Waals surface area (Å²) in [5.74, 6) is 0.531. The van der Waals surface area contributed by atoms with E-state index in [4.69, 9.17) is 32.9 Å². The Morgan fingerprint density at radius 1 is 1.33 bits per heavy atom. The van der Waals surface area contributed by atoms with Gasteiger partial charge in [0.25, 0.3) is 5.91 Å². The first-order valence-corrected chi connectivity index (χ1v) is 6.70. The smallest absolute Gasteiger partial charge is 0.266 e. The van der Waals surface area contributed by atoms with Gasteiger partial charge in [-0.3, -0.25) is 4.79 Å². The molecule has 2 rings (SSSR count). The van der Waals surface area contributed by atoms with E-state index in [1.807, 2.05) is 6.07 Å². The topological polar surface area (TPSA) is 66.0 Å². The predicted octanol–water partition coefficient (Wildman–Crippen LogP) is 4.44. The van der Waals surface area contributed by atoms with Crippen LogP contribution in [0.2, 0.25) is 10.0 Å². The molecule has 0 atom stereocenters. The molecule has 1 N–H and O–H groups in total. The molecule has 0 fully saturated rings. The number of carbonyl (C=O) groups excluding carboxylic acids is 1. The van der Waals surface area contributed by atoms with Gasteiger partial charge in [-0.1, -0.05) is 29.3 Å². The van der Waals surface area contributed by atoms with Gasteiger partial charge in [0, 0.05) is 6.08 Å². The van der Waals surface area contributed by atoms with Crippen molar-refractivity contribution in [3.8, 4) is 6.07 Å². The quantitative estimate of drug-likeness (QED) is 0.671. The SMILES string of the molecule is Cc1ccc(/C=C(/C#N)C(=O)Nc2cccc(Cl)c2Cl)o1. The van der Waals surface area contributed by atoms with Crippen LogP contribution in [0.3, 0.4) is 0 Å². The first kappa shape index (κ1) is 15.2. The minimum Gasteiger partial charge on any atom is -0.462 e. The van der Waals surface area contributed by atoms with Gasteiger partial charge < -0.3 is 9.73 Å². The highest BCUT2D eigenvalue weighted by molar-refractivity contribution is 6.44. The molecule has 0 saturated heterocycles. The summed E-state index contributed by atoms with van der Waals surface area (Å²) in [6.45, 7) is 1.77. The molecule has 21 heavy (non-hydrogen) atoms. The Bertz CT molecular complexity index is 757. The number of rotatable bonds is 3. The Morgan fingerprint density at radius 2 is 2.10 bits per heavy atom. The normalized spacial score (nSPS) is 11.0. The molecule has 0 unspecified atom stereocenters. The Kier molecular flexibility index (Phi) is 4.69. The van der Waals surface area contributed by atoms with Crippen LogP contribution in [0.1, 0.15) is 11.5 Å². The third-order valence-corrected chi connectivity index (χ3v) is 3.43. The van der Waals surface area contributed by atoms with Crippen molar-refractivity contribution in [2.24, 2.45) is 0 Å². The summed E-state index contributed by atoms with van der Waals surface area (Å²) in [5.41, 5.74) is 0.242. The number of nitriles is 1. The number of nitrogens with one attached hydrogen (secondary N) is 1. The van der Waals surface area contributed by atoms with E-state index in [0.717, 1.165) is 0 Å². The number of anilines is 1. The third kappa shape index (κ3) is 3.66. The molecule has 106 valence electrons. The highest BCUT2D eigenvalue weighted by atomic mass is 35.5. The molecule has 2 aromatic rings. The van der Waals surface area contributed by atoms with Gasteiger partial charge in [-0.05, 0) is 31.2 Å². The van der Waals surface area contributed by atoms with Crippen molar-refractivity contribution in [2.45, 2.75) is 6.92 Å². The van der Waals surface area contributed by atoms with Crippen molar-refractivity contribution in [2.75, 3.05) is 5.32 Å².